The second-order valence-electron chi connectivity index (χ2n) is 5.92. The van der Waals surface area contributed by atoms with Gasteiger partial charge in [0.15, 0.2) is 0 Å². The molecule has 0 radical (unpaired) electrons. The quantitative estimate of drug-likeness (QED) is 0.848. The van der Waals surface area contributed by atoms with Crippen LogP contribution in [0.15, 0.2) is 28.7 Å². The van der Waals surface area contributed by atoms with E-state index < -0.39 is 0 Å². The minimum absolute atomic E-state index is 0.0101. The molecule has 0 saturated heterocycles. The molecule has 3 atom stereocenters. The first-order chi connectivity index (χ1) is 8.52. The Bertz CT molecular complexity index is 390. The molecule has 3 N–H and O–H groups in total. The van der Waals surface area contributed by atoms with Crippen LogP contribution >= 0.6 is 15.9 Å². The van der Waals surface area contributed by atoms with Gasteiger partial charge in [-0.3, -0.25) is 0 Å². The maximum absolute atomic E-state index is 5.95. The summed E-state index contributed by atoms with van der Waals surface area (Å²) in [6, 6.07) is 8.52. The Balaban J connectivity index is 1.91. The third-order valence-corrected chi connectivity index (χ3v) is 4.55. The lowest BCUT2D eigenvalue weighted by atomic mass is 9.92. The topological polar surface area (TPSA) is 38.0 Å². The molecule has 0 spiro atoms. The molecule has 1 aromatic rings. The van der Waals surface area contributed by atoms with Crippen molar-refractivity contribution in [2.45, 2.75) is 32.2 Å². The Hall–Kier alpha value is -0.380. The van der Waals surface area contributed by atoms with E-state index in [1.165, 1.54) is 12.0 Å². The predicted octanol–water partition coefficient (Wildman–Crippen LogP) is 2.95. The van der Waals surface area contributed by atoms with Gasteiger partial charge in [0, 0.05) is 16.6 Å². The zero-order valence-corrected chi connectivity index (χ0v) is 12.8. The number of halogens is 1. The molecule has 1 fully saturated rings. The van der Waals surface area contributed by atoms with Gasteiger partial charge in [-0.15, -0.1) is 0 Å². The average Bonchev–Trinajstić information content (AvgIpc) is 3.06. The molecule has 0 bridgehead atoms. The third kappa shape index (κ3) is 3.81. The van der Waals surface area contributed by atoms with E-state index in [1.54, 1.807) is 0 Å². The van der Waals surface area contributed by atoms with Gasteiger partial charge >= 0.3 is 0 Å². The first-order valence-corrected chi connectivity index (χ1v) is 7.51. The van der Waals surface area contributed by atoms with Crippen LogP contribution in [0.5, 0.6) is 0 Å². The molecule has 3 heteroatoms. The van der Waals surface area contributed by atoms with Crippen LogP contribution in [0.2, 0.25) is 0 Å². The fraction of sp³-hybridized carbons (Fsp3) is 0.600. The average molecular weight is 311 g/mol. The van der Waals surface area contributed by atoms with Crippen LogP contribution in [0.4, 0.5) is 0 Å². The van der Waals surface area contributed by atoms with Crippen molar-refractivity contribution in [3.8, 4) is 0 Å². The first kappa shape index (κ1) is 14.0. The molecular formula is C15H23BrN2. The summed E-state index contributed by atoms with van der Waals surface area (Å²) in [6.07, 6.45) is 2.35. The van der Waals surface area contributed by atoms with E-state index in [2.05, 4.69) is 59.4 Å². The highest BCUT2D eigenvalue weighted by atomic mass is 79.9. The molecule has 0 aliphatic heterocycles. The zero-order chi connectivity index (χ0) is 13.2. The molecule has 3 unspecified atom stereocenters. The van der Waals surface area contributed by atoms with Crippen molar-refractivity contribution in [2.75, 3.05) is 13.1 Å². The van der Waals surface area contributed by atoms with Crippen molar-refractivity contribution in [1.29, 1.82) is 0 Å². The summed E-state index contributed by atoms with van der Waals surface area (Å²) in [5.74, 6) is 1.76. The van der Waals surface area contributed by atoms with Crippen molar-refractivity contribution >= 4 is 15.9 Å². The molecular weight excluding hydrogens is 288 g/mol. The molecule has 1 aliphatic rings. The molecule has 18 heavy (non-hydrogen) atoms. The number of rotatable bonds is 6. The van der Waals surface area contributed by atoms with Crippen molar-refractivity contribution in [3.05, 3.63) is 34.3 Å². The van der Waals surface area contributed by atoms with Gasteiger partial charge in [0.2, 0.25) is 0 Å². The Morgan fingerprint density at radius 1 is 1.39 bits per heavy atom. The van der Waals surface area contributed by atoms with Crippen molar-refractivity contribution in [2.24, 2.45) is 17.6 Å². The lowest BCUT2D eigenvalue weighted by Crippen LogP contribution is -2.51. The van der Waals surface area contributed by atoms with E-state index in [0.29, 0.717) is 6.54 Å². The lowest BCUT2D eigenvalue weighted by Gasteiger charge is -2.30. The van der Waals surface area contributed by atoms with Gasteiger partial charge in [0.05, 0.1) is 0 Å². The second-order valence-corrected chi connectivity index (χ2v) is 6.84. The second kappa shape index (κ2) is 5.72. The van der Waals surface area contributed by atoms with Crippen LogP contribution in [0, 0.1) is 11.8 Å². The van der Waals surface area contributed by atoms with Gasteiger partial charge in [0.25, 0.3) is 0 Å². The Morgan fingerprint density at radius 2 is 2.00 bits per heavy atom. The molecule has 100 valence electrons. The van der Waals surface area contributed by atoms with Gasteiger partial charge < -0.3 is 11.1 Å². The van der Waals surface area contributed by atoms with Crippen LogP contribution in [0.1, 0.15) is 25.8 Å². The molecule has 0 heterocycles. The van der Waals surface area contributed by atoms with Crippen LogP contribution in [0.3, 0.4) is 0 Å². The largest absolute Gasteiger partial charge is 0.329 e. The van der Waals surface area contributed by atoms with Gasteiger partial charge in [-0.25, -0.2) is 0 Å². The van der Waals surface area contributed by atoms with Crippen LogP contribution < -0.4 is 11.1 Å². The van der Waals surface area contributed by atoms with Gasteiger partial charge in [-0.2, -0.15) is 0 Å². The molecule has 1 saturated carbocycles. The van der Waals surface area contributed by atoms with Crippen molar-refractivity contribution in [1.82, 2.24) is 5.32 Å². The molecule has 0 amide bonds. The summed E-state index contributed by atoms with van der Waals surface area (Å²) in [7, 11) is 0. The fourth-order valence-corrected chi connectivity index (χ4v) is 2.58. The number of benzene rings is 1. The highest BCUT2D eigenvalue weighted by Gasteiger charge is 2.34. The highest BCUT2D eigenvalue weighted by Crippen LogP contribution is 2.37. The Morgan fingerprint density at radius 3 is 2.50 bits per heavy atom. The lowest BCUT2D eigenvalue weighted by molar-refractivity contribution is 0.352. The Kier molecular flexibility index (Phi) is 4.46. The van der Waals surface area contributed by atoms with Crippen LogP contribution in [-0.4, -0.2) is 18.6 Å². The first-order valence-electron chi connectivity index (χ1n) is 6.72. The summed E-state index contributed by atoms with van der Waals surface area (Å²) < 4.78 is 1.13. The van der Waals surface area contributed by atoms with E-state index in [-0.39, 0.29) is 5.54 Å². The number of nitrogens with two attached hydrogens (primary N) is 1. The summed E-state index contributed by atoms with van der Waals surface area (Å²) >= 11 is 3.47. The minimum Gasteiger partial charge on any atom is -0.329 e. The maximum atomic E-state index is 5.95. The van der Waals surface area contributed by atoms with Gasteiger partial charge in [-0.05, 0) is 55.8 Å². The number of nitrogens with one attached hydrogen (secondary N) is 1. The summed E-state index contributed by atoms with van der Waals surface area (Å²) in [5, 5.41) is 3.66. The van der Waals surface area contributed by atoms with Crippen LogP contribution in [-0.2, 0) is 6.42 Å². The molecule has 0 aromatic heterocycles. The zero-order valence-electron chi connectivity index (χ0n) is 11.2. The summed E-state index contributed by atoms with van der Waals surface area (Å²) in [4.78, 5) is 0. The number of hydrogen-bond donors (Lipinski definition) is 2. The fourth-order valence-electron chi connectivity index (χ4n) is 2.32. The van der Waals surface area contributed by atoms with Gasteiger partial charge in [0.1, 0.15) is 0 Å². The predicted molar refractivity (Wildman–Crippen MR) is 80.6 cm³/mol. The Labute approximate surface area is 118 Å². The maximum Gasteiger partial charge on any atom is 0.0316 e. The monoisotopic (exact) mass is 310 g/mol. The summed E-state index contributed by atoms with van der Waals surface area (Å²) in [5.41, 5.74) is 7.30. The molecule has 2 nitrogen and oxygen atoms in total. The SMILES string of the molecule is CC1CC1CNC(C)(CN)Cc1ccc(Br)cc1. The molecule has 1 aliphatic carbocycles. The normalized spacial score (nSPS) is 25.8. The van der Waals surface area contributed by atoms with Crippen molar-refractivity contribution in [3.63, 3.8) is 0 Å². The minimum atomic E-state index is 0.0101. The number of hydrogen-bond acceptors (Lipinski definition) is 2. The van der Waals surface area contributed by atoms with E-state index in [0.717, 1.165) is 29.3 Å². The van der Waals surface area contributed by atoms with E-state index in [1.807, 2.05) is 0 Å². The molecule has 2 rings (SSSR count). The van der Waals surface area contributed by atoms with Gasteiger partial charge in [-0.1, -0.05) is 35.0 Å². The van der Waals surface area contributed by atoms with E-state index in [9.17, 15) is 0 Å². The van der Waals surface area contributed by atoms with E-state index >= 15 is 0 Å². The van der Waals surface area contributed by atoms with Crippen LogP contribution in [0.25, 0.3) is 0 Å². The standard InChI is InChI=1S/C15H23BrN2/c1-11-7-13(11)9-18-15(2,10-17)8-12-3-5-14(16)6-4-12/h3-6,11,13,18H,7-10,17H2,1-2H3. The summed E-state index contributed by atoms with van der Waals surface area (Å²) in [6.45, 7) is 6.32. The smallest absolute Gasteiger partial charge is 0.0316 e. The molecule has 1 aromatic carbocycles. The third-order valence-electron chi connectivity index (χ3n) is 4.03. The highest BCUT2D eigenvalue weighted by molar-refractivity contribution is 9.10. The van der Waals surface area contributed by atoms with E-state index in [4.69, 9.17) is 5.73 Å². The van der Waals surface area contributed by atoms with Crippen molar-refractivity contribution < 1.29 is 0 Å².